The number of halogens is 1. The maximum absolute atomic E-state index is 11.8. The number of benzene rings is 1. The van der Waals surface area contributed by atoms with Crippen molar-refractivity contribution < 1.29 is 0 Å². The van der Waals surface area contributed by atoms with Crippen LogP contribution < -0.4 is 10.5 Å². The smallest absolute Gasteiger partial charge is 0.285 e. The first-order valence-electron chi connectivity index (χ1n) is 8.95. The van der Waals surface area contributed by atoms with Crippen molar-refractivity contribution in [2.45, 2.75) is 45.8 Å². The lowest BCUT2D eigenvalue weighted by Gasteiger charge is -2.35. The molecule has 8 heteroatoms. The standard InChI is InChI=1S/C19H21ClN6O/c1-11-6-4-5-7-14(11)13(3)26-16-8-12(2)25(10-15(16)22-24-26)17-9-21-23-19(27)18(17)20/h4-7,9,12-13H,8,10H2,1-3H3,(H,23,27)/t12-,13+/m1/s1. The lowest BCUT2D eigenvalue weighted by atomic mass is 10.00. The first kappa shape index (κ1) is 17.7. The molecule has 140 valence electrons. The zero-order valence-corrected chi connectivity index (χ0v) is 16.2. The Labute approximate surface area is 162 Å². The summed E-state index contributed by atoms with van der Waals surface area (Å²) in [6, 6.07) is 8.58. The summed E-state index contributed by atoms with van der Waals surface area (Å²) < 4.78 is 2.02. The second-order valence-corrected chi connectivity index (χ2v) is 7.42. The summed E-state index contributed by atoms with van der Waals surface area (Å²) in [4.78, 5) is 13.9. The van der Waals surface area contributed by atoms with Crippen LogP contribution in [0.3, 0.4) is 0 Å². The second-order valence-electron chi connectivity index (χ2n) is 7.04. The summed E-state index contributed by atoms with van der Waals surface area (Å²) in [5.74, 6) is 0. The molecule has 0 bridgehead atoms. The Morgan fingerprint density at radius 1 is 1.33 bits per heavy atom. The Morgan fingerprint density at radius 3 is 2.89 bits per heavy atom. The van der Waals surface area contributed by atoms with Crippen LogP contribution >= 0.6 is 11.6 Å². The van der Waals surface area contributed by atoms with Gasteiger partial charge < -0.3 is 4.90 Å². The first-order valence-corrected chi connectivity index (χ1v) is 9.33. The quantitative estimate of drug-likeness (QED) is 0.751. The van der Waals surface area contributed by atoms with E-state index in [-0.39, 0.29) is 22.7 Å². The maximum atomic E-state index is 11.8. The molecule has 3 aromatic rings. The molecule has 4 rings (SSSR count). The molecule has 0 amide bonds. The zero-order valence-electron chi connectivity index (χ0n) is 15.5. The molecule has 0 saturated carbocycles. The minimum Gasteiger partial charge on any atom is -0.360 e. The molecule has 3 heterocycles. The maximum Gasteiger partial charge on any atom is 0.285 e. The summed E-state index contributed by atoms with van der Waals surface area (Å²) in [6.07, 6.45) is 2.35. The van der Waals surface area contributed by atoms with Gasteiger partial charge in [0.1, 0.15) is 10.7 Å². The summed E-state index contributed by atoms with van der Waals surface area (Å²) in [7, 11) is 0. The van der Waals surface area contributed by atoms with Gasteiger partial charge in [-0.15, -0.1) is 5.10 Å². The van der Waals surface area contributed by atoms with Gasteiger partial charge in [-0.25, -0.2) is 9.78 Å². The second kappa shape index (κ2) is 6.81. The average molecular weight is 385 g/mol. The molecular formula is C19H21ClN6O. The van der Waals surface area contributed by atoms with E-state index in [1.165, 1.54) is 11.1 Å². The van der Waals surface area contributed by atoms with Crippen molar-refractivity contribution in [1.82, 2.24) is 25.2 Å². The molecule has 1 N–H and O–H groups in total. The van der Waals surface area contributed by atoms with E-state index in [0.29, 0.717) is 12.2 Å². The molecule has 27 heavy (non-hydrogen) atoms. The molecule has 0 saturated heterocycles. The van der Waals surface area contributed by atoms with Gasteiger partial charge in [0.25, 0.3) is 5.56 Å². The van der Waals surface area contributed by atoms with Crippen molar-refractivity contribution in [1.29, 1.82) is 0 Å². The molecular weight excluding hydrogens is 364 g/mol. The van der Waals surface area contributed by atoms with Gasteiger partial charge in [0, 0.05) is 12.5 Å². The van der Waals surface area contributed by atoms with Crippen molar-refractivity contribution in [3.63, 3.8) is 0 Å². The summed E-state index contributed by atoms with van der Waals surface area (Å²) in [5, 5.41) is 15.3. The molecule has 0 spiro atoms. The predicted octanol–water partition coefficient (Wildman–Crippen LogP) is 2.88. The van der Waals surface area contributed by atoms with E-state index in [2.05, 4.69) is 64.4 Å². The third-order valence-corrected chi connectivity index (χ3v) is 5.67. The SMILES string of the molecule is Cc1ccccc1[C@H](C)n1nnc2c1C[C@@H](C)N(c1cn[nH]c(=O)c1Cl)C2. The summed E-state index contributed by atoms with van der Waals surface area (Å²) >= 11 is 6.21. The number of anilines is 1. The van der Waals surface area contributed by atoms with Crippen LogP contribution in [0.15, 0.2) is 35.3 Å². The Morgan fingerprint density at radius 2 is 2.11 bits per heavy atom. The number of nitrogens with one attached hydrogen (secondary N) is 1. The highest BCUT2D eigenvalue weighted by Gasteiger charge is 2.31. The van der Waals surface area contributed by atoms with Crippen LogP contribution in [-0.2, 0) is 13.0 Å². The Kier molecular flexibility index (Phi) is 4.47. The van der Waals surface area contributed by atoms with Crippen LogP contribution in [-0.4, -0.2) is 31.2 Å². The number of hydrogen-bond acceptors (Lipinski definition) is 5. The van der Waals surface area contributed by atoms with Gasteiger partial charge in [-0.2, -0.15) is 5.10 Å². The van der Waals surface area contributed by atoms with E-state index in [1.807, 2.05) is 10.7 Å². The van der Waals surface area contributed by atoms with E-state index in [4.69, 9.17) is 11.6 Å². The molecule has 7 nitrogen and oxygen atoms in total. The zero-order chi connectivity index (χ0) is 19.1. The largest absolute Gasteiger partial charge is 0.360 e. The van der Waals surface area contributed by atoms with Crippen LogP contribution in [0.4, 0.5) is 5.69 Å². The van der Waals surface area contributed by atoms with E-state index in [1.54, 1.807) is 6.20 Å². The summed E-state index contributed by atoms with van der Waals surface area (Å²) in [5.41, 5.74) is 4.75. The average Bonchev–Trinajstić information content (AvgIpc) is 3.06. The fraction of sp³-hybridized carbons (Fsp3) is 0.368. The minimum atomic E-state index is -0.385. The number of aromatic nitrogens is 5. The number of aryl methyl sites for hydroxylation is 1. The highest BCUT2D eigenvalue weighted by Crippen LogP contribution is 2.32. The van der Waals surface area contributed by atoms with Crippen LogP contribution in [0.5, 0.6) is 0 Å². The number of aromatic amines is 1. The van der Waals surface area contributed by atoms with E-state index >= 15 is 0 Å². The predicted molar refractivity (Wildman–Crippen MR) is 104 cm³/mol. The van der Waals surface area contributed by atoms with Gasteiger partial charge in [-0.3, -0.25) is 4.79 Å². The fourth-order valence-corrected chi connectivity index (χ4v) is 3.98. The third-order valence-electron chi connectivity index (χ3n) is 5.30. The molecule has 0 aliphatic carbocycles. The number of rotatable bonds is 3. The van der Waals surface area contributed by atoms with Gasteiger partial charge in [0.05, 0.1) is 30.2 Å². The van der Waals surface area contributed by atoms with Crippen LogP contribution in [0.1, 0.15) is 42.4 Å². The van der Waals surface area contributed by atoms with Crippen molar-refractivity contribution in [3.8, 4) is 0 Å². The normalized spacial score (nSPS) is 17.6. The molecule has 0 radical (unpaired) electrons. The summed E-state index contributed by atoms with van der Waals surface area (Å²) in [6.45, 7) is 6.91. The van der Waals surface area contributed by atoms with Crippen LogP contribution in [0.25, 0.3) is 0 Å². The highest BCUT2D eigenvalue weighted by atomic mass is 35.5. The minimum absolute atomic E-state index is 0.103. The van der Waals surface area contributed by atoms with Crippen molar-refractivity contribution in [3.05, 3.63) is 68.4 Å². The Balaban J connectivity index is 1.69. The van der Waals surface area contributed by atoms with Crippen molar-refractivity contribution in [2.24, 2.45) is 0 Å². The number of nitrogens with zero attached hydrogens (tertiary/aromatic N) is 5. The van der Waals surface area contributed by atoms with Gasteiger partial charge in [0.15, 0.2) is 0 Å². The van der Waals surface area contributed by atoms with Crippen molar-refractivity contribution >= 4 is 17.3 Å². The highest BCUT2D eigenvalue weighted by molar-refractivity contribution is 6.33. The molecule has 1 aliphatic rings. The monoisotopic (exact) mass is 384 g/mol. The first-order chi connectivity index (χ1) is 13.0. The molecule has 2 aromatic heterocycles. The van der Waals surface area contributed by atoms with Gasteiger partial charge in [-0.05, 0) is 31.9 Å². The molecule has 0 fully saturated rings. The Hall–Kier alpha value is -2.67. The molecule has 2 atom stereocenters. The van der Waals surface area contributed by atoms with Crippen LogP contribution in [0.2, 0.25) is 5.02 Å². The Bertz CT molecular complexity index is 1040. The third kappa shape index (κ3) is 3.02. The number of hydrogen-bond donors (Lipinski definition) is 1. The van der Waals surface area contributed by atoms with Crippen molar-refractivity contribution in [2.75, 3.05) is 4.90 Å². The molecule has 1 aliphatic heterocycles. The van der Waals surface area contributed by atoms with Gasteiger partial charge in [0.2, 0.25) is 0 Å². The van der Waals surface area contributed by atoms with E-state index in [9.17, 15) is 4.79 Å². The van der Waals surface area contributed by atoms with Gasteiger partial charge in [-0.1, -0.05) is 41.1 Å². The van der Waals surface area contributed by atoms with E-state index < -0.39 is 0 Å². The molecule has 1 aromatic carbocycles. The van der Waals surface area contributed by atoms with Gasteiger partial charge >= 0.3 is 0 Å². The fourth-order valence-electron chi connectivity index (χ4n) is 3.78. The lowest BCUT2D eigenvalue weighted by Crippen LogP contribution is -2.40. The lowest BCUT2D eigenvalue weighted by molar-refractivity contribution is 0.494. The molecule has 0 unspecified atom stereocenters. The van der Waals surface area contributed by atoms with E-state index in [0.717, 1.165) is 17.8 Å². The number of H-pyrrole nitrogens is 1. The van der Waals surface area contributed by atoms with Crippen LogP contribution in [0, 0.1) is 6.92 Å². The topological polar surface area (TPSA) is 79.7 Å². The number of fused-ring (bicyclic) bond motifs is 1.